The molecule has 0 aromatic heterocycles. The molecule has 2 fully saturated rings. The van der Waals surface area contributed by atoms with Crippen molar-refractivity contribution in [3.8, 4) is 0 Å². The lowest BCUT2D eigenvalue weighted by Gasteiger charge is -2.36. The summed E-state index contributed by atoms with van der Waals surface area (Å²) in [6, 6.07) is 0. The van der Waals surface area contributed by atoms with Gasteiger partial charge in [-0.3, -0.25) is 0 Å². The van der Waals surface area contributed by atoms with Crippen LogP contribution >= 0.6 is 0 Å². The molecule has 3 N–H and O–H groups in total. The lowest BCUT2D eigenvalue weighted by molar-refractivity contribution is -0.129. The first-order valence-electron chi connectivity index (χ1n) is 4.52. The molecule has 0 aromatic rings. The molecule has 2 saturated heterocycles. The molecule has 4 heteroatoms. The van der Waals surface area contributed by atoms with Crippen LogP contribution in [0.4, 0.5) is 0 Å². The molecule has 13 heavy (non-hydrogen) atoms. The third-order valence-electron chi connectivity index (χ3n) is 2.78. The number of hydrogen-bond donors (Lipinski definition) is 2. The van der Waals surface area contributed by atoms with E-state index in [4.69, 9.17) is 15.2 Å². The molecule has 0 amide bonds. The lowest BCUT2D eigenvalue weighted by atomic mass is 9.89. The number of epoxide rings is 1. The van der Waals surface area contributed by atoms with Gasteiger partial charge in [-0.25, -0.2) is 0 Å². The molecule has 0 aromatic carbocycles. The summed E-state index contributed by atoms with van der Waals surface area (Å²) < 4.78 is 10.8. The third kappa shape index (κ3) is 1.40. The van der Waals surface area contributed by atoms with E-state index in [0.717, 1.165) is 0 Å². The summed E-state index contributed by atoms with van der Waals surface area (Å²) in [5, 5.41) is 9.81. The smallest absolute Gasteiger partial charge is 0.123 e. The highest BCUT2D eigenvalue weighted by molar-refractivity contribution is 5.10. The van der Waals surface area contributed by atoms with E-state index in [2.05, 4.69) is 6.58 Å². The van der Waals surface area contributed by atoms with E-state index in [1.165, 1.54) is 0 Å². The number of nitrogens with two attached hydrogens (primary N) is 1. The van der Waals surface area contributed by atoms with Crippen LogP contribution in [-0.2, 0) is 9.47 Å². The largest absolute Gasteiger partial charge is 0.387 e. The highest BCUT2D eigenvalue weighted by Gasteiger charge is 2.57. The van der Waals surface area contributed by atoms with Gasteiger partial charge >= 0.3 is 0 Å². The number of aliphatic hydroxyl groups excluding tert-OH is 1. The van der Waals surface area contributed by atoms with Gasteiger partial charge < -0.3 is 20.3 Å². The predicted molar refractivity (Wildman–Crippen MR) is 47.2 cm³/mol. The molecule has 0 unspecified atom stereocenters. The molecule has 0 bridgehead atoms. The van der Waals surface area contributed by atoms with Crippen LogP contribution in [0.3, 0.4) is 0 Å². The molecule has 2 heterocycles. The van der Waals surface area contributed by atoms with Crippen molar-refractivity contribution in [2.75, 3.05) is 13.2 Å². The summed E-state index contributed by atoms with van der Waals surface area (Å²) in [5.74, 6) is 0. The van der Waals surface area contributed by atoms with Gasteiger partial charge in [0, 0.05) is 13.0 Å². The predicted octanol–water partition coefficient (Wildman–Crippen LogP) is -0.582. The Morgan fingerprint density at radius 2 is 2.38 bits per heavy atom. The maximum Gasteiger partial charge on any atom is 0.123 e. The van der Waals surface area contributed by atoms with Crippen molar-refractivity contribution in [3.05, 3.63) is 12.7 Å². The number of aliphatic hydroxyl groups is 1. The van der Waals surface area contributed by atoms with Crippen LogP contribution in [0.15, 0.2) is 12.7 Å². The summed E-state index contributed by atoms with van der Waals surface area (Å²) in [5.41, 5.74) is 5.13. The third-order valence-corrected chi connectivity index (χ3v) is 2.78. The topological polar surface area (TPSA) is 68.0 Å². The number of rotatable bonds is 2. The maximum atomic E-state index is 9.81. The molecule has 2 aliphatic rings. The standard InChI is InChI=1S/C9H15NO3/c1-2-7-8(11)9(5-12-9)3-6(4-10)13-7/h2,6-8,11H,1,3-5,10H2/t6-,7+,8+,9+/m0/s1. The van der Waals surface area contributed by atoms with E-state index in [1.807, 2.05) is 0 Å². The number of hydrogen-bond acceptors (Lipinski definition) is 4. The summed E-state index contributed by atoms with van der Waals surface area (Å²) in [4.78, 5) is 0. The fourth-order valence-electron chi connectivity index (χ4n) is 1.85. The molecule has 1 spiro atoms. The normalized spacial score (nSPS) is 49.2. The molecule has 0 saturated carbocycles. The molecule has 0 aliphatic carbocycles. The van der Waals surface area contributed by atoms with Crippen LogP contribution in [-0.4, -0.2) is 42.2 Å². The van der Waals surface area contributed by atoms with Crippen LogP contribution < -0.4 is 5.73 Å². The molecule has 4 nitrogen and oxygen atoms in total. The SMILES string of the molecule is C=C[C@H]1O[C@H](CN)C[C@@]2(CO2)[C@@H]1O. The molecule has 4 atom stereocenters. The average molecular weight is 185 g/mol. The second kappa shape index (κ2) is 3.06. The Hall–Kier alpha value is -0.420. The zero-order chi connectivity index (χ0) is 9.47. The van der Waals surface area contributed by atoms with Crippen LogP contribution in [0.25, 0.3) is 0 Å². The van der Waals surface area contributed by atoms with Gasteiger partial charge in [0.25, 0.3) is 0 Å². The van der Waals surface area contributed by atoms with Crippen LogP contribution in [0.1, 0.15) is 6.42 Å². The van der Waals surface area contributed by atoms with Crippen LogP contribution in [0, 0.1) is 0 Å². The second-order valence-electron chi connectivity index (χ2n) is 3.70. The fraction of sp³-hybridized carbons (Fsp3) is 0.778. The molecule has 0 radical (unpaired) electrons. The fourth-order valence-corrected chi connectivity index (χ4v) is 1.85. The van der Waals surface area contributed by atoms with E-state index in [-0.39, 0.29) is 17.8 Å². The van der Waals surface area contributed by atoms with Crippen molar-refractivity contribution in [1.82, 2.24) is 0 Å². The second-order valence-corrected chi connectivity index (χ2v) is 3.70. The molecule has 2 rings (SSSR count). The van der Waals surface area contributed by atoms with Crippen molar-refractivity contribution >= 4 is 0 Å². The van der Waals surface area contributed by atoms with Gasteiger partial charge in [-0.05, 0) is 0 Å². The van der Waals surface area contributed by atoms with Crippen molar-refractivity contribution in [3.63, 3.8) is 0 Å². The highest BCUT2D eigenvalue weighted by Crippen LogP contribution is 2.42. The van der Waals surface area contributed by atoms with E-state index >= 15 is 0 Å². The quantitative estimate of drug-likeness (QED) is 0.446. The Morgan fingerprint density at radius 3 is 2.85 bits per heavy atom. The molecular formula is C9H15NO3. The van der Waals surface area contributed by atoms with Gasteiger partial charge in [-0.2, -0.15) is 0 Å². The van der Waals surface area contributed by atoms with Gasteiger partial charge in [-0.1, -0.05) is 6.08 Å². The molecule has 74 valence electrons. The highest BCUT2D eigenvalue weighted by atomic mass is 16.6. The molecule has 2 aliphatic heterocycles. The van der Waals surface area contributed by atoms with Gasteiger partial charge in [-0.15, -0.1) is 6.58 Å². The van der Waals surface area contributed by atoms with Gasteiger partial charge in [0.15, 0.2) is 0 Å². The Balaban J connectivity index is 2.10. The zero-order valence-electron chi connectivity index (χ0n) is 7.48. The summed E-state index contributed by atoms with van der Waals surface area (Å²) in [7, 11) is 0. The first-order chi connectivity index (χ1) is 6.22. The van der Waals surface area contributed by atoms with Crippen LogP contribution in [0.5, 0.6) is 0 Å². The van der Waals surface area contributed by atoms with Crippen LogP contribution in [0.2, 0.25) is 0 Å². The van der Waals surface area contributed by atoms with E-state index in [1.54, 1.807) is 6.08 Å². The van der Waals surface area contributed by atoms with Gasteiger partial charge in [0.2, 0.25) is 0 Å². The Bertz CT molecular complexity index is 215. The molecular weight excluding hydrogens is 170 g/mol. The summed E-state index contributed by atoms with van der Waals surface area (Å²) in [6.07, 6.45) is 1.34. The van der Waals surface area contributed by atoms with E-state index in [9.17, 15) is 5.11 Å². The van der Waals surface area contributed by atoms with Crippen molar-refractivity contribution < 1.29 is 14.6 Å². The van der Waals surface area contributed by atoms with Crippen molar-refractivity contribution in [1.29, 1.82) is 0 Å². The van der Waals surface area contributed by atoms with Crippen molar-refractivity contribution in [2.24, 2.45) is 5.73 Å². The number of ether oxygens (including phenoxy) is 2. The summed E-state index contributed by atoms with van der Waals surface area (Å²) >= 11 is 0. The lowest BCUT2D eigenvalue weighted by Crippen LogP contribution is -2.51. The summed E-state index contributed by atoms with van der Waals surface area (Å²) in [6.45, 7) is 4.69. The zero-order valence-corrected chi connectivity index (χ0v) is 7.48. The first-order valence-corrected chi connectivity index (χ1v) is 4.52. The Labute approximate surface area is 77.3 Å². The van der Waals surface area contributed by atoms with E-state index in [0.29, 0.717) is 19.6 Å². The van der Waals surface area contributed by atoms with Crippen molar-refractivity contribution in [2.45, 2.75) is 30.3 Å². The Kier molecular flexibility index (Phi) is 2.15. The van der Waals surface area contributed by atoms with Gasteiger partial charge in [0.1, 0.15) is 17.8 Å². The minimum Gasteiger partial charge on any atom is -0.387 e. The monoisotopic (exact) mass is 185 g/mol. The minimum absolute atomic E-state index is 0.0195. The Morgan fingerprint density at radius 1 is 1.69 bits per heavy atom. The van der Waals surface area contributed by atoms with Gasteiger partial charge in [0.05, 0.1) is 12.7 Å². The maximum absolute atomic E-state index is 9.81. The first kappa shape index (κ1) is 9.15. The average Bonchev–Trinajstić information content (AvgIpc) is 2.91. The minimum atomic E-state index is -0.590. The van der Waals surface area contributed by atoms with E-state index < -0.39 is 6.10 Å².